The van der Waals surface area contributed by atoms with Crippen LogP contribution >= 0.6 is 11.3 Å². The first-order valence-corrected chi connectivity index (χ1v) is 49.0. The summed E-state index contributed by atoms with van der Waals surface area (Å²) in [5.74, 6) is 5.75. The van der Waals surface area contributed by atoms with Crippen molar-refractivity contribution in [2.24, 2.45) is 0 Å². The molecule has 0 radical (unpaired) electrons. The van der Waals surface area contributed by atoms with Gasteiger partial charge in [-0.15, -0.1) is 11.3 Å². The summed E-state index contributed by atoms with van der Waals surface area (Å²) in [6.07, 6.45) is 0. The highest BCUT2D eigenvalue weighted by atomic mass is 32.1. The molecule has 0 atom stereocenters. The Hall–Kier alpha value is -19.4. The van der Waals surface area contributed by atoms with E-state index in [4.69, 9.17) is 53.7 Å². The van der Waals surface area contributed by atoms with Gasteiger partial charge >= 0.3 is 0 Å². The summed E-state index contributed by atoms with van der Waals surface area (Å²) in [6.45, 7) is 0. The van der Waals surface area contributed by atoms with Crippen molar-refractivity contribution in [1.29, 1.82) is 0 Å². The summed E-state index contributed by atoms with van der Waals surface area (Å²) in [5.41, 5.74) is 21.8. The Balaban J connectivity index is 0.000000105. The molecule has 30 aromatic rings. The van der Waals surface area contributed by atoms with Crippen LogP contribution in [0.5, 0.6) is 0 Å². The molecule has 0 saturated carbocycles. The number of aromatic nitrogens is 12. The van der Waals surface area contributed by atoms with Crippen LogP contribution in [0.25, 0.3) is 281 Å². The van der Waals surface area contributed by atoms with E-state index in [2.05, 4.69) is 293 Å². The molecule has 0 N–H and O–H groups in total. The van der Waals surface area contributed by atoms with Crippen molar-refractivity contribution in [3.05, 3.63) is 473 Å². The first kappa shape index (κ1) is 82.9. The average Bonchev–Trinajstić information content (AvgIpc) is 1.54. The standard InChI is InChI=1S/2C43H26N4O.C43H26N4S/c1-3-14-27(15-4-1)41-44-42(28-16-5-2-6-17-28)46-43(45-41)29-18-13-19-30(26-29)47-35-24-11-9-22-33(35)37-31-20-7-8-21-32(31)38-34-23-10-12-25-36(34)48-40(38)39(37)47;1-3-13-27(14-4-1)41-44-42(28-15-5-2-6-16-28)46-43(45-41)29-23-25-30(26-24-29)47-35-21-11-9-19-33(35)37-31-17-7-8-18-32(31)38-34-20-10-12-22-36(34)48-40(38)39(37)47;1-3-14-27(15-4-1)41-44-42(28-16-5-2-6-17-28)46-43(45-41)29-18-13-19-30(26-29)47-35-24-11-9-22-33(35)37-31-20-7-8-21-32(31)38-34-23-10-12-25-36(34)48-40(38)39(37)47/h3*1-26H. The number of para-hydroxylation sites is 5. The van der Waals surface area contributed by atoms with Gasteiger partial charge in [0.1, 0.15) is 11.2 Å². The molecule has 0 aliphatic carbocycles. The second-order valence-electron chi connectivity index (χ2n) is 36.0. The van der Waals surface area contributed by atoms with Crippen LogP contribution in [0.2, 0.25) is 0 Å². The summed E-state index contributed by atoms with van der Waals surface area (Å²) in [6, 6.07) is 164. The summed E-state index contributed by atoms with van der Waals surface area (Å²) >= 11 is 1.88. The van der Waals surface area contributed by atoms with E-state index >= 15 is 0 Å². The fourth-order valence-electron chi connectivity index (χ4n) is 21.3. The smallest absolute Gasteiger partial charge is 0.164 e. The maximum absolute atomic E-state index is 6.76. The van der Waals surface area contributed by atoms with Crippen LogP contribution in [0.1, 0.15) is 0 Å². The number of fused-ring (bicyclic) bond motifs is 30. The van der Waals surface area contributed by atoms with Gasteiger partial charge in [0.15, 0.2) is 63.6 Å². The predicted molar refractivity (Wildman–Crippen MR) is 591 cm³/mol. The van der Waals surface area contributed by atoms with E-state index in [-0.39, 0.29) is 0 Å². The van der Waals surface area contributed by atoms with Crippen LogP contribution < -0.4 is 0 Å². The molecular weight excluding hydrogens is 1780 g/mol. The molecule has 0 bridgehead atoms. The molecule has 0 spiro atoms. The zero-order chi connectivity index (χ0) is 94.8. The Kier molecular flexibility index (Phi) is 19.8. The maximum atomic E-state index is 6.76. The van der Waals surface area contributed by atoms with Crippen molar-refractivity contribution in [3.63, 3.8) is 0 Å². The lowest BCUT2D eigenvalue weighted by molar-refractivity contribution is 0.671. The zero-order valence-electron chi connectivity index (χ0n) is 77.1. The molecule has 0 saturated heterocycles. The molecule has 14 nitrogen and oxygen atoms in total. The van der Waals surface area contributed by atoms with Crippen molar-refractivity contribution < 1.29 is 8.83 Å². The maximum Gasteiger partial charge on any atom is 0.164 e. The van der Waals surface area contributed by atoms with Crippen molar-refractivity contribution in [2.45, 2.75) is 0 Å². The third-order valence-electron chi connectivity index (χ3n) is 27.7. The van der Waals surface area contributed by atoms with Crippen LogP contribution in [0, 0.1) is 0 Å². The minimum absolute atomic E-state index is 0.615. The predicted octanol–water partition coefficient (Wildman–Crippen LogP) is 33.5. The van der Waals surface area contributed by atoms with E-state index < -0.39 is 0 Å². The molecule has 9 aromatic heterocycles. The molecule has 0 aliphatic heterocycles. The number of rotatable bonds is 12. The highest BCUT2D eigenvalue weighted by Crippen LogP contribution is 2.52. The minimum Gasteiger partial charge on any atom is -0.454 e. The number of thiophene rings is 1. The van der Waals surface area contributed by atoms with Gasteiger partial charge in [-0.1, -0.05) is 388 Å². The van der Waals surface area contributed by atoms with Gasteiger partial charge < -0.3 is 22.5 Å². The molecule has 0 fully saturated rings. The second kappa shape index (κ2) is 34.4. The van der Waals surface area contributed by atoms with E-state index in [1.807, 2.05) is 205 Å². The number of hydrogen-bond donors (Lipinski definition) is 0. The minimum atomic E-state index is 0.615. The molecule has 0 unspecified atom stereocenters. The number of hydrogen-bond acceptors (Lipinski definition) is 12. The summed E-state index contributed by atoms with van der Waals surface area (Å²) < 4.78 is 23.2. The Morgan fingerprint density at radius 1 is 0.167 bits per heavy atom. The third-order valence-corrected chi connectivity index (χ3v) is 28.8. The van der Waals surface area contributed by atoms with Crippen LogP contribution in [-0.4, -0.2) is 58.6 Å². The quantitative estimate of drug-likeness (QED) is 0.115. The molecule has 15 heteroatoms. The normalized spacial score (nSPS) is 11.8. The van der Waals surface area contributed by atoms with Crippen molar-refractivity contribution in [3.8, 4) is 120 Å². The van der Waals surface area contributed by atoms with Gasteiger partial charge in [0, 0.05) is 136 Å². The molecule has 9 heterocycles. The SMILES string of the molecule is c1ccc(-c2nc(-c3ccccc3)nc(-c3ccc(-n4c5ccccc5c5c6ccccc6c6c7ccccc7oc6c54)cc3)n2)cc1.c1ccc(-c2nc(-c3ccccc3)nc(-c3cccc(-n4c5ccccc5c5c6ccccc6c6c7ccccc7oc6c54)c3)n2)cc1.c1ccc(-c2nc(-c3ccccc3)nc(-c3cccc(-n4c5ccccc5c5c6ccccc6c6c7ccccc7sc6c54)c3)n2)cc1. The van der Waals surface area contributed by atoms with Crippen LogP contribution in [-0.2, 0) is 0 Å². The molecule has 21 aromatic carbocycles. The van der Waals surface area contributed by atoms with Gasteiger partial charge in [0.25, 0.3) is 0 Å². The van der Waals surface area contributed by atoms with E-state index in [0.29, 0.717) is 52.4 Å². The lowest BCUT2D eigenvalue weighted by Crippen LogP contribution is -2.01. The average molecular weight is 1860 g/mol. The molecule has 672 valence electrons. The Morgan fingerprint density at radius 2 is 0.410 bits per heavy atom. The lowest BCUT2D eigenvalue weighted by atomic mass is 9.99. The van der Waals surface area contributed by atoms with Gasteiger partial charge in [-0.25, -0.2) is 44.9 Å². The van der Waals surface area contributed by atoms with Crippen molar-refractivity contribution in [2.75, 3.05) is 0 Å². The van der Waals surface area contributed by atoms with Gasteiger partial charge in [0.05, 0.1) is 37.8 Å². The summed E-state index contributed by atoms with van der Waals surface area (Å²) in [4.78, 5) is 44.7. The molecule has 144 heavy (non-hydrogen) atoms. The van der Waals surface area contributed by atoms with Gasteiger partial charge in [-0.05, 0) is 117 Å². The number of benzene rings is 21. The van der Waals surface area contributed by atoms with E-state index in [1.165, 1.54) is 95.8 Å². The van der Waals surface area contributed by atoms with Crippen molar-refractivity contribution >= 4 is 173 Å². The van der Waals surface area contributed by atoms with Gasteiger partial charge in [0.2, 0.25) is 0 Å². The molecule has 30 rings (SSSR count). The Labute approximate surface area is 827 Å². The van der Waals surface area contributed by atoms with Gasteiger partial charge in [-0.3, -0.25) is 0 Å². The van der Waals surface area contributed by atoms with Crippen molar-refractivity contribution in [1.82, 2.24) is 58.6 Å². The van der Waals surface area contributed by atoms with Crippen LogP contribution in [0.4, 0.5) is 0 Å². The Morgan fingerprint density at radius 3 is 0.757 bits per heavy atom. The van der Waals surface area contributed by atoms with E-state index in [9.17, 15) is 0 Å². The third kappa shape index (κ3) is 13.9. The van der Waals surface area contributed by atoms with Crippen LogP contribution in [0.3, 0.4) is 0 Å². The highest BCUT2D eigenvalue weighted by molar-refractivity contribution is 7.27. The molecular formula is C129H78N12O2S. The van der Waals surface area contributed by atoms with E-state index in [0.717, 1.165) is 133 Å². The largest absolute Gasteiger partial charge is 0.454 e. The van der Waals surface area contributed by atoms with Crippen LogP contribution in [0.15, 0.2) is 482 Å². The fourth-order valence-corrected chi connectivity index (χ4v) is 22.6. The molecule has 0 amide bonds. The summed E-state index contributed by atoms with van der Waals surface area (Å²) in [5, 5.41) is 21.7. The number of furan rings is 2. The Bertz CT molecular complexity index is 9790. The summed E-state index contributed by atoms with van der Waals surface area (Å²) in [7, 11) is 0. The van der Waals surface area contributed by atoms with E-state index in [1.54, 1.807) is 0 Å². The second-order valence-corrected chi connectivity index (χ2v) is 37.1. The first-order valence-electron chi connectivity index (χ1n) is 48.1. The zero-order valence-corrected chi connectivity index (χ0v) is 77.9. The fraction of sp³-hybridized carbons (Fsp3) is 0. The highest BCUT2D eigenvalue weighted by Gasteiger charge is 2.29. The molecule has 0 aliphatic rings. The topological polar surface area (TPSA) is 157 Å². The first-order chi connectivity index (χ1) is 71.4. The van der Waals surface area contributed by atoms with Gasteiger partial charge in [-0.2, -0.15) is 0 Å². The lowest BCUT2D eigenvalue weighted by Gasteiger charge is -2.12. The number of nitrogens with zero attached hydrogens (tertiary/aromatic N) is 12. The monoisotopic (exact) mass is 1860 g/mol.